The smallest absolute Gasteiger partial charge is 0.0780 e. The molecule has 1 nitrogen and oxygen atoms in total. The van der Waals surface area contributed by atoms with Crippen molar-refractivity contribution >= 4 is 16.8 Å². The number of benzene rings is 2. The van der Waals surface area contributed by atoms with Crippen LogP contribution in [-0.2, 0) is 0 Å². The molecule has 0 radical (unpaired) electrons. The van der Waals surface area contributed by atoms with Gasteiger partial charge in [0.15, 0.2) is 0 Å². The van der Waals surface area contributed by atoms with Crippen LogP contribution in [0.5, 0.6) is 0 Å². The van der Waals surface area contributed by atoms with Gasteiger partial charge in [0, 0.05) is 17.1 Å². The predicted octanol–water partition coefficient (Wildman–Crippen LogP) is 5.48. The normalized spacial score (nSPS) is 8.83. The highest BCUT2D eigenvalue weighted by Crippen LogP contribution is 2.26. The lowest BCUT2D eigenvalue weighted by molar-refractivity contribution is 1.36. The number of pyridine rings is 1. The molecule has 2 aromatic carbocycles. The molecule has 1 aromatic heterocycles. The highest BCUT2D eigenvalue weighted by atomic mass is 14.7. The number of rotatable bonds is 2. The van der Waals surface area contributed by atoms with Gasteiger partial charge in [-0.3, -0.25) is 4.98 Å². The van der Waals surface area contributed by atoms with Crippen LogP contribution < -0.4 is 0 Å². The highest BCUT2D eigenvalue weighted by molar-refractivity contribution is 5.94. The Balaban J connectivity index is 1.98. The maximum atomic E-state index is 4.54. The molecule has 3 rings (SSSR count). The van der Waals surface area contributed by atoms with Crippen LogP contribution in [-0.4, -0.2) is 4.98 Å². The maximum Gasteiger partial charge on any atom is 0.0780 e. The van der Waals surface area contributed by atoms with E-state index >= 15 is 0 Å². The number of nitrogens with zero attached hydrogens (tertiary/aromatic N) is 1. The van der Waals surface area contributed by atoms with E-state index in [4.69, 9.17) is 0 Å². The molecule has 0 spiro atoms. The summed E-state index contributed by atoms with van der Waals surface area (Å²) in [5, 5.41) is 2.34. The van der Waals surface area contributed by atoms with Gasteiger partial charge in [0.05, 0.1) is 5.69 Å². The summed E-state index contributed by atoms with van der Waals surface area (Å²) >= 11 is 0. The Morgan fingerprint density at radius 1 is 0.833 bits per heavy atom. The first-order chi connectivity index (χ1) is 11.9. The van der Waals surface area contributed by atoms with Crippen LogP contribution in [0.15, 0.2) is 102 Å². The molecule has 110 valence electrons. The van der Waals surface area contributed by atoms with Gasteiger partial charge in [-0.1, -0.05) is 60.0 Å². The summed E-state index contributed by atoms with van der Waals surface area (Å²) in [6.07, 6.45) is 3.67. The third-order valence-corrected chi connectivity index (χ3v) is 3.44. The Morgan fingerprint density at radius 2 is 1.62 bits per heavy atom. The third kappa shape index (κ3) is 3.53. The van der Waals surface area contributed by atoms with E-state index in [0.717, 1.165) is 22.2 Å². The Kier molecular flexibility index (Phi) is 4.75. The van der Waals surface area contributed by atoms with Crippen molar-refractivity contribution in [1.82, 2.24) is 4.98 Å². The predicted molar refractivity (Wildman–Crippen MR) is 98.3 cm³/mol. The van der Waals surface area contributed by atoms with Crippen LogP contribution in [0.2, 0.25) is 0 Å². The van der Waals surface area contributed by atoms with Crippen LogP contribution in [0.25, 0.3) is 28.1 Å². The summed E-state index contributed by atoms with van der Waals surface area (Å²) < 4.78 is 0. The first kappa shape index (κ1) is 15.2. The first-order valence-corrected chi connectivity index (χ1v) is 7.43. The fourth-order valence-corrected chi connectivity index (χ4v) is 2.35. The molecule has 0 aliphatic heterocycles. The van der Waals surface area contributed by atoms with Crippen LogP contribution in [0.4, 0.5) is 0 Å². The molecule has 0 fully saturated rings. The van der Waals surface area contributed by atoms with Crippen molar-refractivity contribution in [2.45, 2.75) is 0 Å². The number of aromatic nitrogens is 1. The van der Waals surface area contributed by atoms with Gasteiger partial charge >= 0.3 is 0 Å². The van der Waals surface area contributed by atoms with Crippen molar-refractivity contribution in [3.05, 3.63) is 107 Å². The maximum absolute atomic E-state index is 4.54. The minimum absolute atomic E-state index is 0.989. The minimum Gasteiger partial charge on any atom is -0.256 e. The van der Waals surface area contributed by atoms with Crippen LogP contribution in [0, 0.1) is 0 Å². The van der Waals surface area contributed by atoms with E-state index < -0.39 is 0 Å². The molecule has 0 aliphatic carbocycles. The standard InChI is InChI=1S/C23H13N/c1-2-3-4-5-6-7-10-19-13-15-21(16-14-19)23-22-12-9-8-11-20(22)17-18-24-23/h8-18H,1H2. The van der Waals surface area contributed by atoms with E-state index in [1.807, 2.05) is 42.6 Å². The summed E-state index contributed by atoms with van der Waals surface area (Å²) in [4.78, 5) is 4.54. The van der Waals surface area contributed by atoms with Crippen LogP contribution in [0.3, 0.4) is 0 Å². The fraction of sp³-hybridized carbons (Fsp3) is 0. The molecule has 0 saturated heterocycles. The van der Waals surface area contributed by atoms with Gasteiger partial charge in [-0.05, 0) is 52.6 Å². The molecule has 0 atom stereocenters. The lowest BCUT2D eigenvalue weighted by Crippen LogP contribution is -1.85. The number of fused-ring (bicyclic) bond motifs is 1. The van der Waals surface area contributed by atoms with Gasteiger partial charge in [0.25, 0.3) is 0 Å². The van der Waals surface area contributed by atoms with Crippen molar-refractivity contribution in [2.75, 3.05) is 0 Å². The zero-order valence-corrected chi connectivity index (χ0v) is 13.0. The molecular formula is C23H13N. The fourth-order valence-electron chi connectivity index (χ4n) is 2.35. The minimum atomic E-state index is 0.989. The molecule has 3 aromatic rings. The van der Waals surface area contributed by atoms with E-state index in [1.165, 1.54) is 5.39 Å². The van der Waals surface area contributed by atoms with Crippen molar-refractivity contribution in [3.8, 4) is 11.3 Å². The van der Waals surface area contributed by atoms with E-state index in [9.17, 15) is 0 Å². The topological polar surface area (TPSA) is 12.9 Å². The van der Waals surface area contributed by atoms with Gasteiger partial charge in [0.2, 0.25) is 0 Å². The van der Waals surface area contributed by atoms with Crippen molar-refractivity contribution in [3.63, 3.8) is 0 Å². The van der Waals surface area contributed by atoms with Gasteiger partial charge in [-0.25, -0.2) is 0 Å². The monoisotopic (exact) mass is 303 g/mol. The third-order valence-electron chi connectivity index (χ3n) is 3.44. The molecule has 0 saturated carbocycles. The molecule has 0 amide bonds. The average Bonchev–Trinajstić information content (AvgIpc) is 2.65. The van der Waals surface area contributed by atoms with E-state index in [-0.39, 0.29) is 0 Å². The Bertz CT molecular complexity index is 1110. The van der Waals surface area contributed by atoms with Crippen LogP contribution in [0.1, 0.15) is 5.56 Å². The second kappa shape index (κ2) is 7.51. The van der Waals surface area contributed by atoms with Gasteiger partial charge in [-0.15, -0.1) is 0 Å². The first-order valence-electron chi connectivity index (χ1n) is 7.43. The van der Waals surface area contributed by atoms with Gasteiger partial charge < -0.3 is 0 Å². The molecule has 0 aliphatic rings. The van der Waals surface area contributed by atoms with Crippen LogP contribution >= 0.6 is 0 Å². The molecule has 1 heteroatoms. The molecule has 1 heterocycles. The van der Waals surface area contributed by atoms with Crippen molar-refractivity contribution in [1.29, 1.82) is 0 Å². The largest absolute Gasteiger partial charge is 0.256 e. The summed E-state index contributed by atoms with van der Waals surface area (Å²) in [5.41, 5.74) is 19.0. The molecular weight excluding hydrogens is 290 g/mol. The Morgan fingerprint density at radius 3 is 2.46 bits per heavy atom. The van der Waals surface area contributed by atoms with Crippen molar-refractivity contribution < 1.29 is 0 Å². The lowest BCUT2D eigenvalue weighted by Gasteiger charge is -2.05. The summed E-state index contributed by atoms with van der Waals surface area (Å²) in [6, 6.07) is 18.4. The average molecular weight is 303 g/mol. The summed E-state index contributed by atoms with van der Waals surface area (Å²) in [5.74, 6) is 0. The summed E-state index contributed by atoms with van der Waals surface area (Å²) in [6.45, 7) is 3.38. The van der Waals surface area contributed by atoms with E-state index in [0.29, 0.717) is 0 Å². The Hall–Kier alpha value is -3.73. The van der Waals surface area contributed by atoms with Gasteiger partial charge in [-0.2, -0.15) is 0 Å². The second-order valence-corrected chi connectivity index (χ2v) is 4.97. The SMILES string of the molecule is C=C=C=C=C=C=C=Cc1ccc(-c2nccc3ccccc23)cc1. The quantitative estimate of drug-likeness (QED) is 0.572. The number of hydrogen-bond acceptors (Lipinski definition) is 1. The van der Waals surface area contributed by atoms with Crippen molar-refractivity contribution in [2.24, 2.45) is 0 Å². The molecule has 0 N–H and O–H groups in total. The molecule has 24 heavy (non-hydrogen) atoms. The highest BCUT2D eigenvalue weighted by Gasteiger charge is 2.04. The molecule has 0 bridgehead atoms. The Labute approximate surface area is 140 Å². The van der Waals surface area contributed by atoms with E-state index in [2.05, 4.69) is 70.2 Å². The van der Waals surface area contributed by atoms with E-state index in [1.54, 1.807) is 0 Å². The second-order valence-electron chi connectivity index (χ2n) is 4.97. The number of hydrogen-bond donors (Lipinski definition) is 0. The zero-order valence-electron chi connectivity index (χ0n) is 13.0. The molecule has 0 unspecified atom stereocenters. The van der Waals surface area contributed by atoms with Gasteiger partial charge in [0.1, 0.15) is 0 Å². The summed E-state index contributed by atoms with van der Waals surface area (Å²) in [7, 11) is 0. The zero-order chi connectivity index (χ0) is 16.6. The lowest BCUT2D eigenvalue weighted by atomic mass is 10.0.